The quantitative estimate of drug-likeness (QED) is 0.765. The molecule has 1 aliphatic rings. The minimum Gasteiger partial charge on any atom is -0.354 e. The van der Waals surface area contributed by atoms with E-state index in [1.54, 1.807) is 19.1 Å². The van der Waals surface area contributed by atoms with Crippen molar-refractivity contribution in [1.82, 2.24) is 10.3 Å². The summed E-state index contributed by atoms with van der Waals surface area (Å²) in [4.78, 5) is 6.49. The average Bonchev–Trinajstić information content (AvgIpc) is 2.69. The molecule has 6 nitrogen and oxygen atoms in total. The molecule has 158 valence electrons. The van der Waals surface area contributed by atoms with Crippen molar-refractivity contribution in [1.29, 1.82) is 0 Å². The van der Waals surface area contributed by atoms with Crippen LogP contribution in [0.5, 0.6) is 0 Å². The highest BCUT2D eigenvalue weighted by atomic mass is 32.2. The molecule has 1 aromatic heterocycles. The van der Waals surface area contributed by atoms with Crippen LogP contribution < -0.4 is 14.9 Å². The number of nitrogens with one attached hydrogen (secondary N) is 2. The van der Waals surface area contributed by atoms with E-state index < -0.39 is 22.1 Å². The van der Waals surface area contributed by atoms with Gasteiger partial charge in [-0.05, 0) is 43.7 Å². The second-order valence-corrected chi connectivity index (χ2v) is 8.66. The zero-order valence-corrected chi connectivity index (χ0v) is 16.9. The first-order valence-corrected chi connectivity index (χ1v) is 10.7. The summed E-state index contributed by atoms with van der Waals surface area (Å²) in [6, 6.07) is 8.13. The Balaban J connectivity index is 1.77. The maximum Gasteiger partial charge on any atom is 0.395 e. The molecule has 2 heterocycles. The number of hydrogen-bond donors (Lipinski definition) is 2. The summed E-state index contributed by atoms with van der Waals surface area (Å²) < 4.78 is 66.2. The van der Waals surface area contributed by atoms with E-state index in [0.717, 1.165) is 38.9 Å². The van der Waals surface area contributed by atoms with Crippen LogP contribution in [0.4, 0.5) is 24.7 Å². The molecule has 1 atom stereocenters. The summed E-state index contributed by atoms with van der Waals surface area (Å²) in [5.41, 5.74) is 0.859. The largest absolute Gasteiger partial charge is 0.395 e. The highest BCUT2D eigenvalue weighted by Crippen LogP contribution is 2.34. The minimum absolute atomic E-state index is 0.00896. The van der Waals surface area contributed by atoms with Gasteiger partial charge >= 0.3 is 6.18 Å². The lowest BCUT2D eigenvalue weighted by molar-refractivity contribution is -0.146. The van der Waals surface area contributed by atoms with Crippen molar-refractivity contribution in [2.24, 2.45) is 0 Å². The smallest absolute Gasteiger partial charge is 0.354 e. The molecule has 0 aliphatic carbocycles. The van der Waals surface area contributed by atoms with Gasteiger partial charge in [0.1, 0.15) is 5.82 Å². The van der Waals surface area contributed by atoms with Crippen LogP contribution in [0.3, 0.4) is 0 Å². The van der Waals surface area contributed by atoms with E-state index >= 15 is 0 Å². The van der Waals surface area contributed by atoms with Crippen molar-refractivity contribution in [3.8, 4) is 0 Å². The van der Waals surface area contributed by atoms with Crippen LogP contribution in [0.2, 0.25) is 0 Å². The van der Waals surface area contributed by atoms with Gasteiger partial charge in [-0.2, -0.15) is 13.2 Å². The van der Waals surface area contributed by atoms with Gasteiger partial charge in [-0.1, -0.05) is 12.1 Å². The third-order valence-electron chi connectivity index (χ3n) is 4.94. The molecule has 1 saturated heterocycles. The molecule has 29 heavy (non-hydrogen) atoms. The number of anilines is 2. The van der Waals surface area contributed by atoms with Crippen molar-refractivity contribution in [3.63, 3.8) is 0 Å². The Morgan fingerprint density at radius 2 is 1.72 bits per heavy atom. The third kappa shape index (κ3) is 4.99. The summed E-state index contributed by atoms with van der Waals surface area (Å²) in [5, 5.41) is 3.26. The fourth-order valence-electron chi connectivity index (χ4n) is 3.05. The summed E-state index contributed by atoms with van der Waals surface area (Å²) in [7, 11) is -3.95. The Morgan fingerprint density at radius 1 is 1.10 bits per heavy atom. The molecule has 1 fully saturated rings. The molecule has 10 heteroatoms. The Morgan fingerprint density at radius 3 is 2.28 bits per heavy atom. The normalized spacial score (nSPS) is 16.5. The van der Waals surface area contributed by atoms with E-state index in [2.05, 4.69) is 19.9 Å². The Hall–Kier alpha value is -2.33. The zero-order chi connectivity index (χ0) is 21.2. The molecule has 0 saturated carbocycles. The second kappa shape index (κ2) is 8.19. The Labute approximate surface area is 168 Å². The number of benzene rings is 1. The maximum absolute atomic E-state index is 12.8. The van der Waals surface area contributed by atoms with Crippen LogP contribution in [-0.4, -0.2) is 45.8 Å². The molecular weight excluding hydrogens is 405 g/mol. The highest BCUT2D eigenvalue weighted by molar-refractivity contribution is 7.92. The predicted molar refractivity (Wildman–Crippen MR) is 106 cm³/mol. The highest BCUT2D eigenvalue weighted by Gasteiger charge is 2.37. The summed E-state index contributed by atoms with van der Waals surface area (Å²) in [6.07, 6.45) is -4.38. The number of pyridine rings is 1. The van der Waals surface area contributed by atoms with Crippen molar-refractivity contribution in [2.75, 3.05) is 35.8 Å². The maximum atomic E-state index is 12.8. The molecule has 2 aromatic rings. The number of piperazine rings is 1. The predicted octanol–water partition coefficient (Wildman–Crippen LogP) is 3.27. The molecule has 1 aliphatic heterocycles. The molecule has 0 bridgehead atoms. The number of hydrogen-bond acceptors (Lipinski definition) is 5. The molecule has 3 rings (SSSR count). The number of alkyl halides is 3. The summed E-state index contributed by atoms with van der Waals surface area (Å²) in [6.45, 7) is 6.10. The van der Waals surface area contributed by atoms with E-state index in [1.807, 2.05) is 0 Å². The van der Waals surface area contributed by atoms with E-state index in [-0.39, 0.29) is 10.5 Å². The molecule has 0 radical (unpaired) electrons. The van der Waals surface area contributed by atoms with Gasteiger partial charge in [0.25, 0.3) is 10.0 Å². The molecular formula is C19H23F3N4O2S. The van der Waals surface area contributed by atoms with Crippen molar-refractivity contribution >= 4 is 21.5 Å². The van der Waals surface area contributed by atoms with Gasteiger partial charge in [-0.15, -0.1) is 0 Å². The van der Waals surface area contributed by atoms with E-state index in [0.29, 0.717) is 11.4 Å². The van der Waals surface area contributed by atoms with E-state index in [1.165, 1.54) is 24.3 Å². The summed E-state index contributed by atoms with van der Waals surface area (Å²) in [5.74, 6) is -0.895. The van der Waals surface area contributed by atoms with Gasteiger partial charge in [0.15, 0.2) is 0 Å². The van der Waals surface area contributed by atoms with Gasteiger partial charge < -0.3 is 10.2 Å². The van der Waals surface area contributed by atoms with Gasteiger partial charge in [-0.25, -0.2) is 13.4 Å². The standard InChI is InChI=1S/C19H23F3N4O2S/c1-13(19(20,21)22)15-3-5-16(6-4-15)29(27,28)25-17-7-8-18(24-14(17)2)26-11-9-23-10-12-26/h3-8,13,23,25H,9-12H2,1-2H3/t13-/m0/s1. The Kier molecular flexibility index (Phi) is 6.04. The Bertz CT molecular complexity index is 956. The monoisotopic (exact) mass is 428 g/mol. The lowest BCUT2D eigenvalue weighted by Crippen LogP contribution is -2.43. The number of halogens is 3. The third-order valence-corrected chi connectivity index (χ3v) is 6.32. The number of sulfonamides is 1. The van der Waals surface area contributed by atoms with Gasteiger partial charge in [0, 0.05) is 26.2 Å². The van der Waals surface area contributed by atoms with E-state index in [4.69, 9.17) is 0 Å². The molecule has 0 amide bonds. The van der Waals surface area contributed by atoms with Crippen LogP contribution in [0.1, 0.15) is 24.1 Å². The first kappa shape index (κ1) is 21.4. The van der Waals surface area contributed by atoms with Gasteiger partial charge in [0.2, 0.25) is 0 Å². The molecule has 0 spiro atoms. The van der Waals surface area contributed by atoms with Crippen LogP contribution in [-0.2, 0) is 10.0 Å². The number of aryl methyl sites for hydroxylation is 1. The molecule has 0 unspecified atom stereocenters. The molecule has 2 N–H and O–H groups in total. The van der Waals surface area contributed by atoms with Crippen molar-refractivity contribution < 1.29 is 21.6 Å². The van der Waals surface area contributed by atoms with Crippen molar-refractivity contribution in [3.05, 3.63) is 47.7 Å². The molecule has 1 aromatic carbocycles. The zero-order valence-electron chi connectivity index (χ0n) is 16.1. The van der Waals surface area contributed by atoms with Crippen LogP contribution in [0, 0.1) is 6.92 Å². The topological polar surface area (TPSA) is 74.3 Å². The lowest BCUT2D eigenvalue weighted by Gasteiger charge is -2.28. The summed E-state index contributed by atoms with van der Waals surface area (Å²) >= 11 is 0. The van der Waals surface area contributed by atoms with Crippen molar-refractivity contribution in [2.45, 2.75) is 30.8 Å². The lowest BCUT2D eigenvalue weighted by atomic mass is 10.0. The first-order valence-electron chi connectivity index (χ1n) is 9.21. The van der Waals surface area contributed by atoms with Crippen LogP contribution >= 0.6 is 0 Å². The van der Waals surface area contributed by atoms with Gasteiger partial charge in [-0.3, -0.25) is 4.72 Å². The van der Waals surface area contributed by atoms with Gasteiger partial charge in [0.05, 0.1) is 22.2 Å². The SMILES string of the molecule is Cc1nc(N2CCNCC2)ccc1NS(=O)(=O)c1ccc([C@H](C)C(F)(F)F)cc1. The second-order valence-electron chi connectivity index (χ2n) is 6.98. The number of aromatic nitrogens is 1. The fourth-order valence-corrected chi connectivity index (χ4v) is 4.17. The fraction of sp³-hybridized carbons (Fsp3) is 0.421. The minimum atomic E-state index is -4.38. The average molecular weight is 428 g/mol. The van der Waals surface area contributed by atoms with Crippen LogP contribution in [0.15, 0.2) is 41.3 Å². The number of nitrogens with zero attached hydrogens (tertiary/aromatic N) is 2. The van der Waals surface area contributed by atoms with Crippen LogP contribution in [0.25, 0.3) is 0 Å². The van der Waals surface area contributed by atoms with E-state index in [9.17, 15) is 21.6 Å². The first-order chi connectivity index (χ1) is 13.6. The number of rotatable bonds is 5.